The van der Waals surface area contributed by atoms with E-state index in [1.54, 1.807) is 0 Å². The van der Waals surface area contributed by atoms with Gasteiger partial charge < -0.3 is 15.2 Å². The van der Waals surface area contributed by atoms with Crippen LogP contribution in [0.3, 0.4) is 0 Å². The molecule has 1 heterocycles. The van der Waals surface area contributed by atoms with Gasteiger partial charge in [-0.25, -0.2) is 8.42 Å². The van der Waals surface area contributed by atoms with Crippen molar-refractivity contribution < 1.29 is 17.9 Å². The van der Waals surface area contributed by atoms with Gasteiger partial charge in [-0.05, 0) is 20.8 Å². The summed E-state index contributed by atoms with van der Waals surface area (Å²) in [6, 6.07) is -0.142. The van der Waals surface area contributed by atoms with Crippen molar-refractivity contribution in [2.24, 2.45) is 5.73 Å². The SMILES string of the molecule is CC(C)OCCS(=O)(=O)N1CC(CN)OCC1C. The molecule has 0 bridgehead atoms. The second-order valence-electron chi connectivity index (χ2n) is 4.85. The van der Waals surface area contributed by atoms with Gasteiger partial charge in [0.2, 0.25) is 10.0 Å². The molecule has 1 fully saturated rings. The highest BCUT2D eigenvalue weighted by atomic mass is 32.2. The van der Waals surface area contributed by atoms with Gasteiger partial charge in [-0.1, -0.05) is 0 Å². The highest BCUT2D eigenvalue weighted by Gasteiger charge is 2.33. The first-order valence-corrected chi connectivity index (χ1v) is 7.90. The number of hydrogen-bond acceptors (Lipinski definition) is 5. The first-order chi connectivity index (χ1) is 8.36. The van der Waals surface area contributed by atoms with E-state index in [0.29, 0.717) is 19.7 Å². The Labute approximate surface area is 109 Å². The van der Waals surface area contributed by atoms with Crippen LogP contribution < -0.4 is 5.73 Å². The molecule has 18 heavy (non-hydrogen) atoms. The van der Waals surface area contributed by atoms with Gasteiger partial charge in [-0.15, -0.1) is 0 Å². The Balaban J connectivity index is 2.58. The fourth-order valence-electron chi connectivity index (χ4n) is 1.83. The van der Waals surface area contributed by atoms with Gasteiger partial charge in [0.1, 0.15) is 0 Å². The van der Waals surface area contributed by atoms with E-state index in [9.17, 15) is 8.42 Å². The molecule has 0 aromatic rings. The lowest BCUT2D eigenvalue weighted by molar-refractivity contribution is -0.0222. The molecule has 0 saturated carbocycles. The first-order valence-electron chi connectivity index (χ1n) is 6.29. The minimum absolute atomic E-state index is 0.00676. The third kappa shape index (κ3) is 4.47. The predicted octanol–water partition coefficient (Wildman–Crippen LogP) is -0.211. The summed E-state index contributed by atoms with van der Waals surface area (Å²) in [6.07, 6.45) is -0.166. The normalized spacial score (nSPS) is 26.7. The largest absolute Gasteiger partial charge is 0.378 e. The molecule has 7 heteroatoms. The zero-order chi connectivity index (χ0) is 13.8. The maximum atomic E-state index is 12.2. The van der Waals surface area contributed by atoms with Crippen molar-refractivity contribution in [3.05, 3.63) is 0 Å². The summed E-state index contributed by atoms with van der Waals surface area (Å²) >= 11 is 0. The van der Waals surface area contributed by atoms with Gasteiger partial charge in [0, 0.05) is 19.1 Å². The summed E-state index contributed by atoms with van der Waals surface area (Å²) in [5, 5.41) is 0. The maximum Gasteiger partial charge on any atom is 0.216 e. The summed E-state index contributed by atoms with van der Waals surface area (Å²) < 4.78 is 36.6. The van der Waals surface area contributed by atoms with Crippen molar-refractivity contribution in [1.29, 1.82) is 0 Å². The smallest absolute Gasteiger partial charge is 0.216 e. The lowest BCUT2D eigenvalue weighted by atomic mass is 10.2. The molecule has 0 spiro atoms. The van der Waals surface area contributed by atoms with E-state index in [2.05, 4.69) is 0 Å². The highest BCUT2D eigenvalue weighted by molar-refractivity contribution is 7.89. The van der Waals surface area contributed by atoms with Crippen molar-refractivity contribution >= 4 is 10.0 Å². The molecule has 0 aromatic heterocycles. The molecule has 0 radical (unpaired) electrons. The Kier molecular flexibility index (Phi) is 6.00. The van der Waals surface area contributed by atoms with Gasteiger partial charge in [0.25, 0.3) is 0 Å². The van der Waals surface area contributed by atoms with Gasteiger partial charge in [0.15, 0.2) is 0 Å². The number of rotatable bonds is 6. The van der Waals surface area contributed by atoms with E-state index >= 15 is 0 Å². The van der Waals surface area contributed by atoms with E-state index in [1.807, 2.05) is 20.8 Å². The average Bonchev–Trinajstić information content (AvgIpc) is 2.28. The van der Waals surface area contributed by atoms with E-state index in [4.69, 9.17) is 15.2 Å². The van der Waals surface area contributed by atoms with E-state index in [1.165, 1.54) is 4.31 Å². The molecule has 2 atom stereocenters. The van der Waals surface area contributed by atoms with Crippen LogP contribution >= 0.6 is 0 Å². The summed E-state index contributed by atoms with van der Waals surface area (Å²) in [7, 11) is -3.30. The van der Waals surface area contributed by atoms with Gasteiger partial charge in [-0.3, -0.25) is 0 Å². The minimum Gasteiger partial charge on any atom is -0.378 e. The topological polar surface area (TPSA) is 81.9 Å². The van der Waals surface area contributed by atoms with E-state index in [0.717, 1.165) is 0 Å². The third-order valence-electron chi connectivity index (χ3n) is 2.86. The van der Waals surface area contributed by atoms with Gasteiger partial charge >= 0.3 is 0 Å². The Morgan fingerprint density at radius 2 is 2.17 bits per heavy atom. The molecule has 1 aliphatic heterocycles. The number of nitrogens with zero attached hydrogens (tertiary/aromatic N) is 1. The minimum atomic E-state index is -3.30. The first kappa shape index (κ1) is 15.8. The van der Waals surface area contributed by atoms with Crippen LogP contribution in [0.15, 0.2) is 0 Å². The molecule has 6 nitrogen and oxygen atoms in total. The van der Waals surface area contributed by atoms with Gasteiger partial charge in [0.05, 0.1) is 31.2 Å². The summed E-state index contributed by atoms with van der Waals surface area (Å²) in [5.41, 5.74) is 5.52. The summed E-state index contributed by atoms with van der Waals surface area (Å²) in [5.74, 6) is 0.00676. The van der Waals surface area contributed by atoms with Crippen LogP contribution in [-0.2, 0) is 19.5 Å². The molecule has 1 rings (SSSR count). The highest BCUT2D eigenvalue weighted by Crippen LogP contribution is 2.16. The fourth-order valence-corrected chi connectivity index (χ4v) is 3.37. The number of morpholine rings is 1. The van der Waals surface area contributed by atoms with Crippen molar-refractivity contribution in [1.82, 2.24) is 4.31 Å². The number of nitrogens with two attached hydrogens (primary N) is 1. The number of ether oxygens (including phenoxy) is 2. The predicted molar refractivity (Wildman–Crippen MR) is 69.8 cm³/mol. The van der Waals surface area contributed by atoms with Gasteiger partial charge in [-0.2, -0.15) is 4.31 Å². The zero-order valence-electron chi connectivity index (χ0n) is 11.3. The Morgan fingerprint density at radius 3 is 2.72 bits per heavy atom. The molecule has 0 aromatic carbocycles. The Morgan fingerprint density at radius 1 is 1.50 bits per heavy atom. The zero-order valence-corrected chi connectivity index (χ0v) is 12.1. The quantitative estimate of drug-likeness (QED) is 0.728. The Hall–Kier alpha value is -0.210. The van der Waals surface area contributed by atoms with Crippen LogP contribution in [0, 0.1) is 0 Å². The molecule has 0 aliphatic carbocycles. The van der Waals surface area contributed by atoms with Crippen LogP contribution in [0.25, 0.3) is 0 Å². The van der Waals surface area contributed by atoms with Crippen molar-refractivity contribution in [2.45, 2.75) is 39.0 Å². The second kappa shape index (κ2) is 6.81. The summed E-state index contributed by atoms with van der Waals surface area (Å²) in [4.78, 5) is 0. The fraction of sp³-hybridized carbons (Fsp3) is 1.00. The molecule has 2 unspecified atom stereocenters. The Bertz CT molecular complexity index is 345. The van der Waals surface area contributed by atoms with Crippen LogP contribution in [0.2, 0.25) is 0 Å². The van der Waals surface area contributed by atoms with Crippen molar-refractivity contribution in [3.63, 3.8) is 0 Å². The number of hydrogen-bond donors (Lipinski definition) is 1. The molecular formula is C11H24N2O4S. The van der Waals surface area contributed by atoms with Crippen LogP contribution in [-0.4, -0.2) is 63.0 Å². The van der Waals surface area contributed by atoms with Crippen LogP contribution in [0.4, 0.5) is 0 Å². The molecular weight excluding hydrogens is 256 g/mol. The average molecular weight is 280 g/mol. The van der Waals surface area contributed by atoms with Crippen LogP contribution in [0.1, 0.15) is 20.8 Å². The standard InChI is InChI=1S/C11H24N2O4S/c1-9(2)16-4-5-18(14,15)13-7-11(6-12)17-8-10(13)3/h9-11H,4-8,12H2,1-3H3. The van der Waals surface area contributed by atoms with Crippen LogP contribution in [0.5, 0.6) is 0 Å². The maximum absolute atomic E-state index is 12.2. The molecule has 1 aliphatic rings. The molecule has 108 valence electrons. The van der Waals surface area contributed by atoms with E-state index in [-0.39, 0.29) is 30.6 Å². The summed E-state index contributed by atoms with van der Waals surface area (Å²) in [6.45, 7) is 6.89. The molecule has 1 saturated heterocycles. The lowest BCUT2D eigenvalue weighted by Crippen LogP contribution is -2.53. The lowest BCUT2D eigenvalue weighted by Gasteiger charge is -2.36. The molecule has 2 N–H and O–H groups in total. The third-order valence-corrected chi connectivity index (χ3v) is 4.77. The van der Waals surface area contributed by atoms with E-state index < -0.39 is 10.0 Å². The van der Waals surface area contributed by atoms with Crippen molar-refractivity contribution in [2.75, 3.05) is 32.1 Å². The van der Waals surface area contributed by atoms with Crippen molar-refractivity contribution in [3.8, 4) is 0 Å². The number of sulfonamides is 1. The monoisotopic (exact) mass is 280 g/mol. The molecule has 0 amide bonds. The second-order valence-corrected chi connectivity index (χ2v) is 6.89.